The molecule has 2 unspecified atom stereocenters. The second kappa shape index (κ2) is 14.1. The van der Waals surface area contributed by atoms with Gasteiger partial charge in [0, 0.05) is 38.1 Å². The average Bonchev–Trinajstić information content (AvgIpc) is 2.94. The highest BCUT2D eigenvalue weighted by molar-refractivity contribution is 6.40. The monoisotopic (exact) mass is 595 g/mol. The standard InChI is InChI=1S/C30H38ClN7O4/c1-9-42-29(40)24(32)23(25(17(2)3)35-22-15-33-30(37(5)6)36-27(22)41-8)26(19-10-12-20(31)13-11-19)34-21-14-18(4)16-38(7)28(21)39/h10-17,23,26,32,34H,9H2,1-8H3. The molecule has 0 fully saturated rings. The maximum absolute atomic E-state index is 13.2. The van der Waals surface area contributed by atoms with Crippen LogP contribution in [-0.4, -0.2) is 59.7 Å². The zero-order valence-corrected chi connectivity index (χ0v) is 26.0. The van der Waals surface area contributed by atoms with Crippen molar-refractivity contribution in [1.29, 1.82) is 5.41 Å². The molecule has 42 heavy (non-hydrogen) atoms. The van der Waals surface area contributed by atoms with Crippen LogP contribution in [0.3, 0.4) is 0 Å². The SMILES string of the molecule is CCOC(=O)C(=N)C(C(=Nc1cnc(N(C)C)nc1OC)C(C)C)C(Nc1cc(C)cn(C)c1=O)c1ccc(Cl)cc1. The molecule has 0 saturated carbocycles. The van der Waals surface area contributed by atoms with Crippen molar-refractivity contribution in [2.24, 2.45) is 23.9 Å². The number of carbonyl (C=O) groups excluding carboxylic acids is 1. The van der Waals surface area contributed by atoms with Crippen molar-refractivity contribution in [3.05, 3.63) is 69.2 Å². The summed E-state index contributed by atoms with van der Waals surface area (Å²) in [6.07, 6.45) is 3.27. The van der Waals surface area contributed by atoms with Gasteiger partial charge in [-0.1, -0.05) is 37.6 Å². The number of anilines is 2. The summed E-state index contributed by atoms with van der Waals surface area (Å²) in [5.74, 6) is -1.37. The summed E-state index contributed by atoms with van der Waals surface area (Å²) in [5.41, 5.74) is 2.04. The van der Waals surface area contributed by atoms with Crippen LogP contribution in [0.2, 0.25) is 5.02 Å². The number of ether oxygens (including phenoxy) is 2. The van der Waals surface area contributed by atoms with E-state index < -0.39 is 17.9 Å². The molecule has 2 atom stereocenters. The minimum Gasteiger partial charge on any atom is -0.479 e. The van der Waals surface area contributed by atoms with Crippen molar-refractivity contribution < 1.29 is 14.3 Å². The van der Waals surface area contributed by atoms with E-state index in [0.717, 1.165) is 5.56 Å². The second-order valence-corrected chi connectivity index (χ2v) is 10.7. The normalized spacial score (nSPS) is 13.0. The summed E-state index contributed by atoms with van der Waals surface area (Å²) in [6, 6.07) is 7.96. The van der Waals surface area contributed by atoms with Crippen LogP contribution in [0.15, 0.2) is 52.5 Å². The number of esters is 1. The molecule has 0 aliphatic carbocycles. The van der Waals surface area contributed by atoms with Crippen molar-refractivity contribution in [1.82, 2.24) is 14.5 Å². The number of nitrogens with zero attached hydrogens (tertiary/aromatic N) is 5. The van der Waals surface area contributed by atoms with E-state index in [1.165, 1.54) is 17.9 Å². The number of benzene rings is 1. The Morgan fingerprint density at radius 1 is 1.24 bits per heavy atom. The van der Waals surface area contributed by atoms with Crippen LogP contribution in [0, 0.1) is 24.2 Å². The number of hydrogen-bond acceptors (Lipinski definition) is 10. The van der Waals surface area contributed by atoms with Crippen LogP contribution in [-0.2, 0) is 16.6 Å². The zero-order chi connectivity index (χ0) is 31.1. The predicted octanol–water partition coefficient (Wildman–Crippen LogP) is 4.99. The predicted molar refractivity (Wildman–Crippen MR) is 167 cm³/mol. The topological polar surface area (TPSA) is 135 Å². The molecule has 0 aliphatic rings. The van der Waals surface area contributed by atoms with Crippen LogP contribution in [0.1, 0.15) is 37.9 Å². The summed E-state index contributed by atoms with van der Waals surface area (Å²) >= 11 is 6.22. The zero-order valence-electron chi connectivity index (χ0n) is 25.2. The summed E-state index contributed by atoms with van der Waals surface area (Å²) in [4.78, 5) is 41.8. The van der Waals surface area contributed by atoms with Gasteiger partial charge >= 0.3 is 5.97 Å². The van der Waals surface area contributed by atoms with E-state index in [1.54, 1.807) is 55.4 Å². The third kappa shape index (κ3) is 7.52. The Morgan fingerprint density at radius 2 is 1.90 bits per heavy atom. The van der Waals surface area contributed by atoms with Gasteiger partial charge in [-0.3, -0.25) is 10.2 Å². The molecule has 0 saturated heterocycles. The lowest BCUT2D eigenvalue weighted by molar-refractivity contribution is -0.135. The molecule has 0 spiro atoms. The first-order valence-electron chi connectivity index (χ1n) is 13.5. The quantitative estimate of drug-likeness (QED) is 0.221. The van der Waals surface area contributed by atoms with Crippen molar-refractivity contribution in [3.8, 4) is 5.88 Å². The van der Waals surface area contributed by atoms with Gasteiger partial charge in [-0.05, 0) is 49.1 Å². The minimum absolute atomic E-state index is 0.0905. The van der Waals surface area contributed by atoms with Crippen molar-refractivity contribution in [3.63, 3.8) is 0 Å². The molecule has 224 valence electrons. The average molecular weight is 596 g/mol. The summed E-state index contributed by atoms with van der Waals surface area (Å²) in [7, 11) is 6.78. The number of aromatic nitrogens is 3. The van der Waals surface area contributed by atoms with Crippen LogP contribution in [0.5, 0.6) is 5.88 Å². The molecule has 1 aromatic carbocycles. The molecule has 3 aromatic rings. The summed E-state index contributed by atoms with van der Waals surface area (Å²) < 4.78 is 12.3. The van der Waals surface area contributed by atoms with Gasteiger partial charge in [0.2, 0.25) is 11.8 Å². The second-order valence-electron chi connectivity index (χ2n) is 10.3. The third-order valence-electron chi connectivity index (χ3n) is 6.48. The lowest BCUT2D eigenvalue weighted by Crippen LogP contribution is -2.41. The van der Waals surface area contributed by atoms with Gasteiger partial charge in [0.15, 0.2) is 0 Å². The number of rotatable bonds is 12. The molecular weight excluding hydrogens is 558 g/mol. The number of aryl methyl sites for hydroxylation is 2. The Balaban J connectivity index is 2.33. The van der Waals surface area contributed by atoms with E-state index in [4.69, 9.17) is 31.5 Å². The first-order valence-corrected chi connectivity index (χ1v) is 13.9. The molecule has 2 heterocycles. The molecule has 0 bridgehead atoms. The van der Waals surface area contributed by atoms with E-state index in [-0.39, 0.29) is 29.7 Å². The van der Waals surface area contributed by atoms with Gasteiger partial charge < -0.3 is 24.3 Å². The van der Waals surface area contributed by atoms with E-state index in [0.29, 0.717) is 33.6 Å². The Bertz CT molecular complexity index is 1520. The first kappa shape index (κ1) is 32.3. The molecule has 3 rings (SSSR count). The number of nitrogens with one attached hydrogen (secondary N) is 2. The fraction of sp³-hybridized carbons (Fsp3) is 0.400. The van der Waals surface area contributed by atoms with Gasteiger partial charge in [0.25, 0.3) is 5.56 Å². The fourth-order valence-corrected chi connectivity index (χ4v) is 4.62. The van der Waals surface area contributed by atoms with E-state index >= 15 is 0 Å². The number of carbonyl (C=O) groups is 1. The van der Waals surface area contributed by atoms with Crippen LogP contribution < -0.4 is 20.5 Å². The maximum Gasteiger partial charge on any atom is 0.352 e. The van der Waals surface area contributed by atoms with Gasteiger partial charge in [0.05, 0.1) is 31.9 Å². The first-order chi connectivity index (χ1) is 19.9. The Hall–Kier alpha value is -4.25. The Kier molecular flexibility index (Phi) is 10.8. The van der Waals surface area contributed by atoms with Crippen molar-refractivity contribution in [2.45, 2.75) is 33.7 Å². The molecule has 2 N–H and O–H groups in total. The van der Waals surface area contributed by atoms with E-state index in [1.807, 2.05) is 34.9 Å². The lowest BCUT2D eigenvalue weighted by Gasteiger charge is -2.32. The molecule has 0 radical (unpaired) electrons. The van der Waals surface area contributed by atoms with Gasteiger partial charge in [0.1, 0.15) is 17.1 Å². The Morgan fingerprint density at radius 3 is 2.48 bits per heavy atom. The maximum atomic E-state index is 13.2. The molecular formula is C30H38ClN7O4. The van der Waals surface area contributed by atoms with Gasteiger partial charge in [-0.2, -0.15) is 4.98 Å². The lowest BCUT2D eigenvalue weighted by atomic mass is 9.80. The number of aliphatic imine (C=N–C) groups is 1. The molecule has 12 heteroatoms. The smallest absolute Gasteiger partial charge is 0.352 e. The van der Waals surface area contributed by atoms with Crippen LogP contribution in [0.25, 0.3) is 0 Å². The highest BCUT2D eigenvalue weighted by atomic mass is 35.5. The van der Waals surface area contributed by atoms with Crippen LogP contribution in [0.4, 0.5) is 17.3 Å². The van der Waals surface area contributed by atoms with Crippen LogP contribution >= 0.6 is 11.6 Å². The van der Waals surface area contributed by atoms with Crippen molar-refractivity contribution in [2.75, 3.05) is 38.0 Å². The summed E-state index contributed by atoms with van der Waals surface area (Å²) in [5, 5.41) is 12.9. The fourth-order valence-electron chi connectivity index (χ4n) is 4.49. The number of halogens is 1. The highest BCUT2D eigenvalue weighted by Gasteiger charge is 2.37. The van der Waals surface area contributed by atoms with Gasteiger partial charge in [-0.15, -0.1) is 0 Å². The van der Waals surface area contributed by atoms with E-state index in [2.05, 4.69) is 15.3 Å². The molecule has 11 nitrogen and oxygen atoms in total. The van der Waals surface area contributed by atoms with E-state index in [9.17, 15) is 9.59 Å². The number of methoxy groups -OCH3 is 1. The largest absolute Gasteiger partial charge is 0.479 e. The highest BCUT2D eigenvalue weighted by Crippen LogP contribution is 2.35. The molecule has 0 aliphatic heterocycles. The van der Waals surface area contributed by atoms with Gasteiger partial charge in [-0.25, -0.2) is 14.8 Å². The van der Waals surface area contributed by atoms with Crippen molar-refractivity contribution >= 4 is 46.3 Å². The Labute approximate surface area is 251 Å². The minimum atomic E-state index is -0.978. The third-order valence-corrected chi connectivity index (χ3v) is 6.73. The molecule has 0 amide bonds. The number of hydrogen-bond donors (Lipinski definition) is 2. The molecule has 2 aromatic heterocycles. The summed E-state index contributed by atoms with van der Waals surface area (Å²) in [6.45, 7) is 7.47. The number of pyridine rings is 1.